The van der Waals surface area contributed by atoms with Crippen molar-refractivity contribution in [2.24, 2.45) is 4.99 Å². The van der Waals surface area contributed by atoms with Gasteiger partial charge in [0.1, 0.15) is 11.1 Å². The molecule has 0 radical (unpaired) electrons. The molecule has 1 aromatic heterocycles. The zero-order valence-corrected chi connectivity index (χ0v) is 11.8. The molecule has 0 amide bonds. The Labute approximate surface area is 116 Å². The summed E-state index contributed by atoms with van der Waals surface area (Å²) in [6, 6.07) is 12.4. The molecule has 0 N–H and O–H groups in total. The highest BCUT2D eigenvalue weighted by atomic mass is 32.1. The van der Waals surface area contributed by atoms with Gasteiger partial charge in [0.15, 0.2) is 0 Å². The highest BCUT2D eigenvalue weighted by Crippen LogP contribution is 2.54. The molecule has 0 unspecified atom stereocenters. The van der Waals surface area contributed by atoms with Crippen molar-refractivity contribution in [3.05, 3.63) is 57.8 Å². The number of nitrogens with zero attached hydrogens (tertiary/aromatic N) is 1. The molecule has 2 nitrogen and oxygen atoms in total. The molecule has 0 spiro atoms. The molecule has 1 aromatic carbocycles. The fourth-order valence-electron chi connectivity index (χ4n) is 3.13. The van der Waals surface area contributed by atoms with Crippen LogP contribution in [-0.4, -0.2) is 11.5 Å². The van der Waals surface area contributed by atoms with Crippen molar-refractivity contribution in [2.45, 2.75) is 31.4 Å². The summed E-state index contributed by atoms with van der Waals surface area (Å²) in [5.41, 5.74) is 1.99. The Hall–Kier alpha value is -1.61. The molecule has 1 aliphatic carbocycles. The van der Waals surface area contributed by atoms with E-state index < -0.39 is 0 Å². The number of hydrogen-bond acceptors (Lipinski definition) is 3. The van der Waals surface area contributed by atoms with Crippen molar-refractivity contribution in [3.63, 3.8) is 0 Å². The second kappa shape index (κ2) is 3.48. The highest BCUT2D eigenvalue weighted by Gasteiger charge is 2.59. The Kier molecular flexibility index (Phi) is 2.06. The van der Waals surface area contributed by atoms with Gasteiger partial charge in [-0.05, 0) is 43.0 Å². The first-order chi connectivity index (χ1) is 9.12. The summed E-state index contributed by atoms with van der Waals surface area (Å²) < 4.78 is 6.26. The topological polar surface area (TPSA) is 21.6 Å². The molecular weight excluding hydrogens is 254 g/mol. The maximum absolute atomic E-state index is 6.26. The fourth-order valence-corrected chi connectivity index (χ4v) is 4.28. The van der Waals surface area contributed by atoms with E-state index >= 15 is 0 Å². The van der Waals surface area contributed by atoms with Crippen molar-refractivity contribution < 1.29 is 4.74 Å². The lowest BCUT2D eigenvalue weighted by Crippen LogP contribution is -2.41. The summed E-state index contributed by atoms with van der Waals surface area (Å²) >= 11 is 1.80. The predicted octanol–water partition coefficient (Wildman–Crippen LogP) is 3.76. The smallest absolute Gasteiger partial charge is 0.217 e. The third-order valence-corrected chi connectivity index (χ3v) is 5.58. The minimum Gasteiger partial charge on any atom is -0.468 e. The van der Waals surface area contributed by atoms with Gasteiger partial charge in [0.05, 0.1) is 0 Å². The van der Waals surface area contributed by atoms with Crippen LogP contribution in [0.25, 0.3) is 0 Å². The molecule has 2 atom stereocenters. The first-order valence-electron chi connectivity index (χ1n) is 6.54. The molecule has 2 heterocycles. The van der Waals surface area contributed by atoms with Crippen LogP contribution >= 0.6 is 11.3 Å². The van der Waals surface area contributed by atoms with Crippen LogP contribution in [-0.2, 0) is 16.7 Å². The molecule has 2 aromatic rings. The van der Waals surface area contributed by atoms with Crippen molar-refractivity contribution in [1.29, 1.82) is 0 Å². The molecule has 2 aliphatic rings. The normalized spacial score (nSPS) is 31.6. The number of hydrogen-bond donors (Lipinski definition) is 0. The SMILES string of the molecule is C[C@]12Cc3ccsc3[C@@]1(C)N=C(c1ccccc1)O2. The van der Waals surface area contributed by atoms with Gasteiger partial charge in [0.25, 0.3) is 0 Å². The second-order valence-corrected chi connectivity index (χ2v) is 6.56. The molecule has 19 heavy (non-hydrogen) atoms. The minimum absolute atomic E-state index is 0.234. The summed E-state index contributed by atoms with van der Waals surface area (Å²) in [7, 11) is 0. The van der Waals surface area contributed by atoms with Gasteiger partial charge >= 0.3 is 0 Å². The van der Waals surface area contributed by atoms with Gasteiger partial charge < -0.3 is 4.74 Å². The first-order valence-corrected chi connectivity index (χ1v) is 7.41. The maximum Gasteiger partial charge on any atom is 0.217 e. The molecule has 0 saturated carbocycles. The average molecular weight is 269 g/mol. The first kappa shape index (κ1) is 11.2. The zero-order chi connectivity index (χ0) is 13.1. The van der Waals surface area contributed by atoms with Gasteiger partial charge in [-0.1, -0.05) is 18.2 Å². The average Bonchev–Trinajstić information content (AvgIpc) is 3.00. The summed E-state index contributed by atoms with van der Waals surface area (Å²) in [5.74, 6) is 0.782. The quantitative estimate of drug-likeness (QED) is 0.772. The third kappa shape index (κ3) is 1.34. The third-order valence-electron chi connectivity index (χ3n) is 4.41. The van der Waals surface area contributed by atoms with E-state index in [9.17, 15) is 0 Å². The molecule has 0 fully saturated rings. The van der Waals surface area contributed by atoms with Crippen LogP contribution in [0, 0.1) is 0 Å². The Bertz CT molecular complexity index is 675. The van der Waals surface area contributed by atoms with Gasteiger partial charge in [-0.15, -0.1) is 11.3 Å². The number of benzene rings is 1. The monoisotopic (exact) mass is 269 g/mol. The van der Waals surface area contributed by atoms with Crippen LogP contribution in [0.1, 0.15) is 29.9 Å². The molecule has 0 bridgehead atoms. The molecule has 96 valence electrons. The van der Waals surface area contributed by atoms with Crippen LogP contribution in [0.15, 0.2) is 46.8 Å². The van der Waals surface area contributed by atoms with Crippen LogP contribution in [0.4, 0.5) is 0 Å². The van der Waals surface area contributed by atoms with E-state index in [1.165, 1.54) is 10.4 Å². The lowest BCUT2D eigenvalue weighted by atomic mass is 9.87. The van der Waals surface area contributed by atoms with Gasteiger partial charge in [-0.25, -0.2) is 4.99 Å². The molecule has 0 saturated heterocycles. The van der Waals surface area contributed by atoms with E-state index in [1.54, 1.807) is 11.3 Å². The Balaban J connectivity index is 1.86. The number of thiophene rings is 1. The van der Waals surface area contributed by atoms with Crippen molar-refractivity contribution in [1.82, 2.24) is 0 Å². The van der Waals surface area contributed by atoms with Gasteiger partial charge in [-0.2, -0.15) is 0 Å². The number of rotatable bonds is 1. The summed E-state index contributed by atoms with van der Waals surface area (Å²) in [5, 5.41) is 2.16. The van der Waals surface area contributed by atoms with Crippen LogP contribution < -0.4 is 0 Å². The minimum atomic E-state index is -0.236. The second-order valence-electron chi connectivity index (χ2n) is 5.64. The molecule has 1 aliphatic heterocycles. The predicted molar refractivity (Wildman–Crippen MR) is 77.8 cm³/mol. The summed E-state index contributed by atoms with van der Waals surface area (Å²) in [4.78, 5) is 6.30. The standard InChI is InChI=1S/C16H15NOS/c1-15-10-12-8-9-19-13(12)16(15,2)17-14(18-15)11-6-4-3-5-7-11/h3-9H,10H2,1-2H3/t15-,16+/m0/s1. The lowest BCUT2D eigenvalue weighted by Gasteiger charge is -2.30. The van der Waals surface area contributed by atoms with E-state index in [2.05, 4.69) is 37.4 Å². The Morgan fingerprint density at radius 3 is 2.74 bits per heavy atom. The highest BCUT2D eigenvalue weighted by molar-refractivity contribution is 7.10. The van der Waals surface area contributed by atoms with E-state index in [0.29, 0.717) is 0 Å². The summed E-state index contributed by atoms with van der Waals surface area (Å²) in [6.45, 7) is 4.38. The van der Waals surface area contributed by atoms with Crippen LogP contribution in [0.3, 0.4) is 0 Å². The Morgan fingerprint density at radius 2 is 1.95 bits per heavy atom. The van der Waals surface area contributed by atoms with Crippen LogP contribution in [0.5, 0.6) is 0 Å². The van der Waals surface area contributed by atoms with E-state index in [-0.39, 0.29) is 11.1 Å². The van der Waals surface area contributed by atoms with Crippen LogP contribution in [0.2, 0.25) is 0 Å². The maximum atomic E-state index is 6.26. The molecular formula is C16H15NOS. The Morgan fingerprint density at radius 1 is 1.16 bits per heavy atom. The molecule has 4 rings (SSSR count). The number of aliphatic imine (C=N–C) groups is 1. The van der Waals surface area contributed by atoms with Crippen molar-refractivity contribution in [2.75, 3.05) is 0 Å². The fraction of sp³-hybridized carbons (Fsp3) is 0.312. The van der Waals surface area contributed by atoms with Crippen molar-refractivity contribution in [3.8, 4) is 0 Å². The lowest BCUT2D eigenvalue weighted by molar-refractivity contribution is 0.0485. The van der Waals surface area contributed by atoms with Gasteiger partial charge in [0.2, 0.25) is 5.90 Å². The van der Waals surface area contributed by atoms with E-state index in [1.807, 2.05) is 18.2 Å². The largest absolute Gasteiger partial charge is 0.468 e. The van der Waals surface area contributed by atoms with E-state index in [4.69, 9.17) is 9.73 Å². The zero-order valence-electron chi connectivity index (χ0n) is 11.0. The van der Waals surface area contributed by atoms with Gasteiger partial charge in [0, 0.05) is 16.9 Å². The van der Waals surface area contributed by atoms with Gasteiger partial charge in [-0.3, -0.25) is 0 Å². The number of ether oxygens (including phenoxy) is 1. The molecule has 3 heteroatoms. The van der Waals surface area contributed by atoms with Crippen molar-refractivity contribution >= 4 is 17.2 Å². The number of fused-ring (bicyclic) bond motifs is 3. The van der Waals surface area contributed by atoms with E-state index in [0.717, 1.165) is 17.9 Å². The summed E-state index contributed by atoms with van der Waals surface area (Å²) in [6.07, 6.45) is 0.947.